The second-order valence-electron chi connectivity index (χ2n) is 10.4. The van der Waals surface area contributed by atoms with Crippen molar-refractivity contribution >= 4 is 15.7 Å². The SMILES string of the molecule is CC(CN(C[C@H]1CCC2=C1[C@@H](C)C1=CNN(c3ccc(F)cc3)C1=C2)S(=O)(=O)CC(F)(F)F)c1cccnc1. The Labute approximate surface area is 225 Å². The van der Waals surface area contributed by atoms with Crippen molar-refractivity contribution in [2.75, 3.05) is 23.9 Å². The molecular weight excluding hydrogens is 532 g/mol. The molecule has 2 aliphatic carbocycles. The Balaban J connectivity index is 1.42. The molecule has 0 fully saturated rings. The summed E-state index contributed by atoms with van der Waals surface area (Å²) in [5.74, 6) is -2.83. The summed E-state index contributed by atoms with van der Waals surface area (Å²) in [7, 11) is -4.61. The van der Waals surface area contributed by atoms with Crippen LogP contribution in [0.1, 0.15) is 38.2 Å². The van der Waals surface area contributed by atoms with E-state index in [0.717, 1.165) is 38.0 Å². The molecule has 3 aliphatic rings. The average molecular weight is 563 g/mol. The van der Waals surface area contributed by atoms with Crippen LogP contribution in [0.4, 0.5) is 23.2 Å². The van der Waals surface area contributed by atoms with Crippen molar-refractivity contribution in [3.05, 3.63) is 94.9 Å². The molecule has 0 radical (unpaired) electrons. The number of allylic oxidation sites excluding steroid dienone is 3. The zero-order chi connectivity index (χ0) is 27.9. The number of halogens is 4. The van der Waals surface area contributed by atoms with E-state index in [2.05, 4.69) is 16.5 Å². The molecule has 0 amide bonds. The molecule has 1 N–H and O–H groups in total. The summed E-state index contributed by atoms with van der Waals surface area (Å²) in [6.07, 6.45) is 3.64. The highest BCUT2D eigenvalue weighted by Gasteiger charge is 2.43. The highest BCUT2D eigenvalue weighted by Crippen LogP contribution is 2.48. The lowest BCUT2D eigenvalue weighted by Gasteiger charge is -2.33. The molecule has 2 aromatic rings. The monoisotopic (exact) mass is 562 g/mol. The zero-order valence-corrected chi connectivity index (χ0v) is 22.4. The van der Waals surface area contributed by atoms with Crippen LogP contribution in [-0.4, -0.2) is 42.7 Å². The molecule has 208 valence electrons. The fourth-order valence-electron chi connectivity index (χ4n) is 5.83. The van der Waals surface area contributed by atoms with Crippen molar-refractivity contribution in [1.82, 2.24) is 14.7 Å². The molecule has 6 nitrogen and oxygen atoms in total. The standard InChI is InChI=1S/C28H30F4N4O2S/c1-18(21-4-3-11-33-13-21)15-35(39(37,38)17-28(30,31)32)16-22-6-5-20-12-26-25(19(2)27(20)22)14-34-36(26)24-9-7-23(29)8-10-24/h3-4,7-14,18-19,22,34H,5-6,15-17H2,1-2H3/t18?,19-,22+/m0/s1. The van der Waals surface area contributed by atoms with Gasteiger partial charge in [-0.1, -0.05) is 25.5 Å². The summed E-state index contributed by atoms with van der Waals surface area (Å²) in [6, 6.07) is 9.66. The van der Waals surface area contributed by atoms with Crippen molar-refractivity contribution in [3.8, 4) is 0 Å². The summed E-state index contributed by atoms with van der Waals surface area (Å²) < 4.78 is 80.5. The van der Waals surface area contributed by atoms with Crippen molar-refractivity contribution < 1.29 is 26.0 Å². The maximum absolute atomic E-state index is 13.5. The first-order chi connectivity index (χ1) is 18.4. The first-order valence-corrected chi connectivity index (χ1v) is 14.5. The second-order valence-corrected chi connectivity index (χ2v) is 12.4. The molecule has 1 aromatic carbocycles. The Hall–Kier alpha value is -3.18. The summed E-state index contributed by atoms with van der Waals surface area (Å²) in [5.41, 5.74) is 8.82. The van der Waals surface area contributed by atoms with Gasteiger partial charge in [-0.2, -0.15) is 13.2 Å². The van der Waals surface area contributed by atoms with Crippen LogP contribution in [0.25, 0.3) is 0 Å². The molecule has 0 spiro atoms. The Morgan fingerprint density at radius 2 is 1.95 bits per heavy atom. The van der Waals surface area contributed by atoms with Gasteiger partial charge in [0.2, 0.25) is 10.0 Å². The van der Waals surface area contributed by atoms with Gasteiger partial charge in [-0.15, -0.1) is 0 Å². The Morgan fingerprint density at radius 3 is 2.62 bits per heavy atom. The smallest absolute Gasteiger partial charge is 0.301 e. The third-order valence-electron chi connectivity index (χ3n) is 7.68. The highest BCUT2D eigenvalue weighted by molar-refractivity contribution is 7.89. The molecule has 0 saturated heterocycles. The van der Waals surface area contributed by atoms with Crippen molar-refractivity contribution in [3.63, 3.8) is 0 Å². The van der Waals surface area contributed by atoms with Crippen molar-refractivity contribution in [1.29, 1.82) is 0 Å². The van der Waals surface area contributed by atoms with Gasteiger partial charge in [-0.3, -0.25) is 9.99 Å². The predicted molar refractivity (Wildman–Crippen MR) is 141 cm³/mol. The molecule has 1 aromatic heterocycles. The number of hydrogen-bond acceptors (Lipinski definition) is 5. The lowest BCUT2D eigenvalue weighted by molar-refractivity contribution is -0.107. The number of benzene rings is 1. The van der Waals surface area contributed by atoms with Gasteiger partial charge in [0.1, 0.15) is 5.82 Å². The fraction of sp³-hybridized carbons (Fsp3) is 0.393. The van der Waals surface area contributed by atoms with Gasteiger partial charge in [0.15, 0.2) is 5.75 Å². The van der Waals surface area contributed by atoms with Crippen LogP contribution >= 0.6 is 0 Å². The van der Waals surface area contributed by atoms with E-state index in [1.165, 1.54) is 12.1 Å². The van der Waals surface area contributed by atoms with Crippen LogP contribution < -0.4 is 10.4 Å². The number of sulfonamides is 1. The Morgan fingerprint density at radius 1 is 1.21 bits per heavy atom. The number of hydrazine groups is 1. The summed E-state index contributed by atoms with van der Waals surface area (Å²) in [5, 5.41) is 1.87. The highest BCUT2D eigenvalue weighted by atomic mass is 32.2. The Bertz CT molecular complexity index is 1420. The van der Waals surface area contributed by atoms with Gasteiger partial charge in [-0.05, 0) is 72.2 Å². The minimum absolute atomic E-state index is 0.0161. The van der Waals surface area contributed by atoms with Gasteiger partial charge < -0.3 is 5.43 Å². The number of rotatable bonds is 8. The number of anilines is 1. The minimum Gasteiger partial charge on any atom is -0.301 e. The van der Waals surface area contributed by atoms with Gasteiger partial charge in [0.25, 0.3) is 0 Å². The lowest BCUT2D eigenvalue weighted by atomic mass is 9.80. The number of nitrogens with zero attached hydrogens (tertiary/aromatic N) is 3. The van der Waals surface area contributed by atoms with Crippen molar-refractivity contribution in [2.45, 2.75) is 38.8 Å². The molecule has 0 saturated carbocycles. The second kappa shape index (κ2) is 10.4. The Kier molecular flexibility index (Phi) is 7.32. The molecule has 3 atom stereocenters. The van der Waals surface area contributed by atoms with Gasteiger partial charge in [0, 0.05) is 43.2 Å². The molecule has 2 heterocycles. The quantitative estimate of drug-likeness (QED) is 0.421. The van der Waals surface area contributed by atoms with E-state index in [1.54, 1.807) is 43.6 Å². The van der Waals surface area contributed by atoms with Gasteiger partial charge in [0.05, 0.1) is 11.4 Å². The lowest BCUT2D eigenvalue weighted by Crippen LogP contribution is -2.42. The van der Waals surface area contributed by atoms with E-state index in [4.69, 9.17) is 0 Å². The maximum atomic E-state index is 13.5. The van der Waals surface area contributed by atoms with Crippen molar-refractivity contribution in [2.24, 2.45) is 11.8 Å². The van der Waals surface area contributed by atoms with E-state index < -0.39 is 22.0 Å². The summed E-state index contributed by atoms with van der Waals surface area (Å²) in [6.45, 7) is 3.75. The molecule has 39 heavy (non-hydrogen) atoms. The number of nitrogens with one attached hydrogen (secondary N) is 1. The van der Waals surface area contributed by atoms with E-state index in [0.29, 0.717) is 12.8 Å². The van der Waals surface area contributed by atoms with Crippen LogP contribution in [0.15, 0.2) is 83.5 Å². The molecule has 5 rings (SSSR count). The molecule has 0 bridgehead atoms. The summed E-state index contributed by atoms with van der Waals surface area (Å²) in [4.78, 5) is 4.07. The minimum atomic E-state index is -4.84. The molecular formula is C28H30F4N4O2S. The number of alkyl halides is 3. The van der Waals surface area contributed by atoms with E-state index in [9.17, 15) is 26.0 Å². The van der Waals surface area contributed by atoms with Gasteiger partial charge >= 0.3 is 6.18 Å². The van der Waals surface area contributed by atoms with Gasteiger partial charge in [-0.25, -0.2) is 17.1 Å². The number of pyridine rings is 1. The zero-order valence-electron chi connectivity index (χ0n) is 21.6. The van der Waals surface area contributed by atoms with E-state index in [1.807, 2.05) is 18.1 Å². The van der Waals surface area contributed by atoms with Crippen LogP contribution in [0, 0.1) is 17.7 Å². The average Bonchev–Trinajstić information content (AvgIpc) is 3.48. The molecule has 1 unspecified atom stereocenters. The normalized spacial score (nSPS) is 21.9. The molecule has 1 aliphatic heterocycles. The summed E-state index contributed by atoms with van der Waals surface area (Å²) >= 11 is 0. The van der Waals surface area contributed by atoms with Crippen LogP contribution in [0.5, 0.6) is 0 Å². The first kappa shape index (κ1) is 27.4. The van der Waals surface area contributed by atoms with Crippen LogP contribution in [0.3, 0.4) is 0 Å². The number of hydrogen-bond donors (Lipinski definition) is 1. The first-order valence-electron chi connectivity index (χ1n) is 12.8. The third-order valence-corrected chi connectivity index (χ3v) is 9.46. The van der Waals surface area contributed by atoms with Crippen LogP contribution in [0.2, 0.25) is 0 Å². The number of aromatic nitrogens is 1. The number of fused-ring (bicyclic) bond motifs is 1. The topological polar surface area (TPSA) is 65.5 Å². The molecule has 11 heteroatoms. The third kappa shape index (κ3) is 5.74. The predicted octanol–water partition coefficient (Wildman–Crippen LogP) is 5.67. The van der Waals surface area contributed by atoms with E-state index >= 15 is 0 Å². The van der Waals surface area contributed by atoms with Crippen LogP contribution in [-0.2, 0) is 10.0 Å². The van der Waals surface area contributed by atoms with E-state index in [-0.39, 0.29) is 36.7 Å². The fourth-order valence-corrected chi connectivity index (χ4v) is 7.28. The largest absolute Gasteiger partial charge is 0.404 e. The maximum Gasteiger partial charge on any atom is 0.404 e.